The van der Waals surface area contributed by atoms with Gasteiger partial charge in [0.15, 0.2) is 0 Å². The van der Waals surface area contributed by atoms with Crippen molar-refractivity contribution in [3.05, 3.63) is 131 Å². The molecule has 0 bridgehead atoms. The maximum atomic E-state index is 13.4. The van der Waals surface area contributed by atoms with Gasteiger partial charge in [0.05, 0.1) is 17.1 Å². The van der Waals surface area contributed by atoms with Crippen molar-refractivity contribution in [1.82, 2.24) is 5.32 Å². The summed E-state index contributed by atoms with van der Waals surface area (Å²) >= 11 is 0. The predicted octanol–water partition coefficient (Wildman–Crippen LogP) is 5.75. The molecule has 0 saturated carbocycles. The van der Waals surface area contributed by atoms with Crippen molar-refractivity contribution in [2.24, 2.45) is 0 Å². The lowest BCUT2D eigenvalue weighted by Crippen LogP contribution is -2.30. The Bertz CT molecular complexity index is 1390. The largest absolute Gasteiger partial charge is 0.352 e. The standard InChI is InChI=1S/C30H30N2O3S/c1-24-10-8-11-25(22-24)12-9-21-31-30(33)27-19-17-26(18-20-27)23-32(28-13-4-2-5-14-28)36(34,35)29-15-6-3-7-16-29/h2-8,10-11,13-20,22H,9,12,21,23H2,1H3,(H,31,33). The number of benzene rings is 4. The molecule has 0 aliphatic heterocycles. The lowest BCUT2D eigenvalue weighted by molar-refractivity contribution is 0.0953. The van der Waals surface area contributed by atoms with Crippen LogP contribution in [0.25, 0.3) is 0 Å². The van der Waals surface area contributed by atoms with Gasteiger partial charge in [0, 0.05) is 12.1 Å². The summed E-state index contributed by atoms with van der Waals surface area (Å²) in [5.41, 5.74) is 4.42. The summed E-state index contributed by atoms with van der Waals surface area (Å²) in [5.74, 6) is -0.136. The minimum absolute atomic E-state index is 0.136. The first kappa shape index (κ1) is 25.2. The zero-order chi connectivity index (χ0) is 25.4. The van der Waals surface area contributed by atoms with E-state index in [4.69, 9.17) is 0 Å². The topological polar surface area (TPSA) is 66.5 Å². The second kappa shape index (κ2) is 11.7. The van der Waals surface area contributed by atoms with Gasteiger partial charge in [-0.15, -0.1) is 0 Å². The fourth-order valence-corrected chi connectivity index (χ4v) is 5.49. The van der Waals surface area contributed by atoms with Crippen molar-refractivity contribution >= 4 is 21.6 Å². The SMILES string of the molecule is Cc1cccc(CCCNC(=O)c2ccc(CN(c3ccccc3)S(=O)(=O)c3ccccc3)cc2)c1. The predicted molar refractivity (Wildman–Crippen MR) is 145 cm³/mol. The van der Waals surface area contributed by atoms with Crippen LogP contribution in [0.3, 0.4) is 0 Å². The Morgan fingerprint density at radius 3 is 2.11 bits per heavy atom. The summed E-state index contributed by atoms with van der Waals surface area (Å²) in [7, 11) is -3.77. The molecule has 1 N–H and O–H groups in total. The molecule has 0 radical (unpaired) electrons. The van der Waals surface area contributed by atoms with Crippen LogP contribution in [0.15, 0.2) is 114 Å². The zero-order valence-corrected chi connectivity index (χ0v) is 21.1. The van der Waals surface area contributed by atoms with Crippen molar-refractivity contribution in [3.8, 4) is 0 Å². The minimum Gasteiger partial charge on any atom is -0.352 e. The number of para-hydroxylation sites is 1. The van der Waals surface area contributed by atoms with E-state index >= 15 is 0 Å². The maximum absolute atomic E-state index is 13.4. The van der Waals surface area contributed by atoms with Crippen molar-refractivity contribution in [1.29, 1.82) is 0 Å². The van der Waals surface area contributed by atoms with Crippen LogP contribution in [-0.4, -0.2) is 20.9 Å². The number of aryl methyl sites for hydroxylation is 2. The number of hydrogen-bond acceptors (Lipinski definition) is 3. The van der Waals surface area contributed by atoms with Gasteiger partial charge >= 0.3 is 0 Å². The van der Waals surface area contributed by atoms with E-state index in [1.165, 1.54) is 15.4 Å². The molecule has 0 aliphatic carbocycles. The number of anilines is 1. The van der Waals surface area contributed by atoms with Gasteiger partial charge in [0.25, 0.3) is 15.9 Å². The van der Waals surface area contributed by atoms with Crippen molar-refractivity contribution < 1.29 is 13.2 Å². The molecule has 4 aromatic rings. The molecule has 1 amide bonds. The lowest BCUT2D eigenvalue weighted by atomic mass is 10.1. The third-order valence-corrected chi connectivity index (χ3v) is 7.72. The molecule has 184 valence electrons. The Balaban J connectivity index is 1.41. The third kappa shape index (κ3) is 6.40. The zero-order valence-electron chi connectivity index (χ0n) is 20.3. The molecule has 0 unspecified atom stereocenters. The molecule has 5 nitrogen and oxygen atoms in total. The number of amides is 1. The Hall–Kier alpha value is -3.90. The van der Waals surface area contributed by atoms with Crippen molar-refractivity contribution in [2.75, 3.05) is 10.8 Å². The van der Waals surface area contributed by atoms with Gasteiger partial charge in [0.2, 0.25) is 0 Å². The van der Waals surface area contributed by atoms with E-state index in [2.05, 4.69) is 36.5 Å². The molecule has 4 rings (SSSR count). The second-order valence-corrected chi connectivity index (χ2v) is 10.6. The third-order valence-electron chi connectivity index (χ3n) is 5.93. The van der Waals surface area contributed by atoms with Gasteiger partial charge in [-0.3, -0.25) is 9.10 Å². The van der Waals surface area contributed by atoms with E-state index in [9.17, 15) is 13.2 Å². The molecule has 0 heterocycles. The van der Waals surface area contributed by atoms with E-state index in [-0.39, 0.29) is 17.3 Å². The number of sulfonamides is 1. The summed E-state index contributed by atoms with van der Waals surface area (Å²) in [6, 6.07) is 32.9. The first-order valence-electron chi connectivity index (χ1n) is 12.0. The van der Waals surface area contributed by atoms with Crippen LogP contribution in [0.5, 0.6) is 0 Å². The van der Waals surface area contributed by atoms with Crippen LogP contribution >= 0.6 is 0 Å². The normalized spacial score (nSPS) is 11.1. The van der Waals surface area contributed by atoms with Crippen molar-refractivity contribution in [3.63, 3.8) is 0 Å². The highest BCUT2D eigenvalue weighted by Crippen LogP contribution is 2.25. The quantitative estimate of drug-likeness (QED) is 0.283. The van der Waals surface area contributed by atoms with E-state index in [0.717, 1.165) is 18.4 Å². The highest BCUT2D eigenvalue weighted by atomic mass is 32.2. The molecule has 0 spiro atoms. The fraction of sp³-hybridized carbons (Fsp3) is 0.167. The number of nitrogens with one attached hydrogen (secondary N) is 1. The van der Waals surface area contributed by atoms with Gasteiger partial charge < -0.3 is 5.32 Å². The Morgan fingerprint density at radius 1 is 0.778 bits per heavy atom. The van der Waals surface area contributed by atoms with Crippen LogP contribution in [-0.2, 0) is 23.0 Å². The number of carbonyl (C=O) groups excluding carboxylic acids is 1. The Kier molecular flexibility index (Phi) is 8.18. The number of carbonyl (C=O) groups is 1. The second-order valence-electron chi connectivity index (χ2n) is 8.71. The molecule has 36 heavy (non-hydrogen) atoms. The average molecular weight is 499 g/mol. The molecular weight excluding hydrogens is 468 g/mol. The molecular formula is C30H30N2O3S. The molecule has 0 aromatic heterocycles. The molecule has 0 saturated heterocycles. The summed E-state index contributed by atoms with van der Waals surface area (Å²) in [6.07, 6.45) is 1.77. The highest BCUT2D eigenvalue weighted by Gasteiger charge is 2.25. The molecule has 0 fully saturated rings. The van der Waals surface area contributed by atoms with E-state index < -0.39 is 10.0 Å². The first-order valence-corrected chi connectivity index (χ1v) is 13.4. The molecule has 4 aromatic carbocycles. The van der Waals surface area contributed by atoms with Gasteiger partial charge in [-0.05, 0) is 67.3 Å². The van der Waals surface area contributed by atoms with E-state index in [1.807, 2.05) is 18.2 Å². The fourth-order valence-electron chi connectivity index (χ4n) is 4.02. The minimum atomic E-state index is -3.77. The number of rotatable bonds is 10. The average Bonchev–Trinajstić information content (AvgIpc) is 2.91. The van der Waals surface area contributed by atoms with E-state index in [0.29, 0.717) is 17.8 Å². The van der Waals surface area contributed by atoms with Gasteiger partial charge in [-0.25, -0.2) is 8.42 Å². The Labute approximate surface area is 213 Å². The van der Waals surface area contributed by atoms with E-state index in [1.54, 1.807) is 66.7 Å². The van der Waals surface area contributed by atoms with Crippen LogP contribution < -0.4 is 9.62 Å². The van der Waals surface area contributed by atoms with Crippen LogP contribution in [0, 0.1) is 6.92 Å². The van der Waals surface area contributed by atoms with Crippen LogP contribution in [0.2, 0.25) is 0 Å². The van der Waals surface area contributed by atoms with Gasteiger partial charge in [-0.2, -0.15) is 0 Å². The first-order chi connectivity index (χ1) is 17.4. The monoisotopic (exact) mass is 498 g/mol. The van der Waals surface area contributed by atoms with Gasteiger partial charge in [0.1, 0.15) is 0 Å². The van der Waals surface area contributed by atoms with Crippen LogP contribution in [0.4, 0.5) is 5.69 Å². The number of hydrogen-bond donors (Lipinski definition) is 1. The van der Waals surface area contributed by atoms with Gasteiger partial charge in [-0.1, -0.05) is 78.4 Å². The summed E-state index contributed by atoms with van der Waals surface area (Å²) in [4.78, 5) is 12.8. The molecule has 0 atom stereocenters. The number of nitrogens with zero attached hydrogens (tertiary/aromatic N) is 1. The molecule has 0 aliphatic rings. The summed E-state index contributed by atoms with van der Waals surface area (Å²) in [6.45, 7) is 2.82. The lowest BCUT2D eigenvalue weighted by Gasteiger charge is -2.25. The summed E-state index contributed by atoms with van der Waals surface area (Å²) in [5, 5.41) is 2.97. The summed E-state index contributed by atoms with van der Waals surface area (Å²) < 4.78 is 28.3. The van der Waals surface area contributed by atoms with Crippen molar-refractivity contribution in [2.45, 2.75) is 31.2 Å². The molecule has 6 heteroatoms. The maximum Gasteiger partial charge on any atom is 0.264 e. The Morgan fingerprint density at radius 2 is 1.44 bits per heavy atom. The van der Waals surface area contributed by atoms with Crippen LogP contribution in [0.1, 0.15) is 33.5 Å². The smallest absolute Gasteiger partial charge is 0.264 e. The highest BCUT2D eigenvalue weighted by molar-refractivity contribution is 7.92.